The highest BCUT2D eigenvalue weighted by Gasteiger charge is 2.08. The lowest BCUT2D eigenvalue weighted by molar-refractivity contribution is -0.116. The number of carbonyl (C=O) groups is 2. The molecule has 0 amide bonds. The number of benzene rings is 1. The molecule has 2 rings (SSSR count). The average molecular weight is 228 g/mol. The molecule has 0 spiro atoms. The molecule has 0 radical (unpaired) electrons. The summed E-state index contributed by atoms with van der Waals surface area (Å²) in [5.74, 6) is -0.261. The highest BCUT2D eigenvalue weighted by molar-refractivity contribution is 6.07. The zero-order valence-corrected chi connectivity index (χ0v) is 9.46. The van der Waals surface area contributed by atoms with E-state index in [0.29, 0.717) is 5.56 Å². The summed E-state index contributed by atoms with van der Waals surface area (Å²) in [6.07, 6.45) is 5.16. The summed E-state index contributed by atoms with van der Waals surface area (Å²) in [6.45, 7) is 1.41. The van der Waals surface area contributed by atoms with Crippen LogP contribution in [0.1, 0.15) is 23.7 Å². The van der Waals surface area contributed by atoms with Crippen molar-refractivity contribution in [1.82, 2.24) is 9.55 Å². The minimum Gasteiger partial charge on any atom is -0.306 e. The molecule has 2 aromatic rings. The number of ketones is 2. The Hall–Kier alpha value is -2.23. The number of carbonyl (C=O) groups excluding carboxylic acids is 2. The number of rotatable bonds is 4. The fourth-order valence-corrected chi connectivity index (χ4v) is 1.56. The van der Waals surface area contributed by atoms with Crippen molar-refractivity contribution < 1.29 is 9.59 Å². The van der Waals surface area contributed by atoms with Crippen LogP contribution in [0.3, 0.4) is 0 Å². The summed E-state index contributed by atoms with van der Waals surface area (Å²) in [6, 6.07) is 7.10. The molecular formula is C13H12N2O2. The maximum atomic E-state index is 11.6. The summed E-state index contributed by atoms with van der Waals surface area (Å²) in [5.41, 5.74) is 1.49. The van der Waals surface area contributed by atoms with Crippen LogP contribution in [0.5, 0.6) is 0 Å². The summed E-state index contributed by atoms with van der Waals surface area (Å²) < 4.78 is 1.85. The van der Waals surface area contributed by atoms with Gasteiger partial charge in [-0.25, -0.2) is 4.98 Å². The van der Waals surface area contributed by atoms with Gasteiger partial charge in [0.25, 0.3) is 0 Å². The number of imidazole rings is 1. The van der Waals surface area contributed by atoms with Gasteiger partial charge in [0.15, 0.2) is 5.78 Å². The van der Waals surface area contributed by atoms with E-state index in [0.717, 1.165) is 5.69 Å². The van der Waals surface area contributed by atoms with Crippen molar-refractivity contribution in [2.24, 2.45) is 0 Å². The standard InChI is InChI=1S/C13H12N2O2/c1-10(16)8-13(17)11-2-4-12(5-3-11)15-7-6-14-9-15/h2-7,9H,8H2,1H3. The second-order valence-electron chi connectivity index (χ2n) is 3.82. The van der Waals surface area contributed by atoms with Crippen LogP contribution < -0.4 is 0 Å². The lowest BCUT2D eigenvalue weighted by Gasteiger charge is -2.03. The van der Waals surface area contributed by atoms with Gasteiger partial charge >= 0.3 is 0 Å². The summed E-state index contributed by atoms with van der Waals surface area (Å²) >= 11 is 0. The summed E-state index contributed by atoms with van der Waals surface area (Å²) in [5, 5.41) is 0. The van der Waals surface area contributed by atoms with Crippen molar-refractivity contribution in [3.05, 3.63) is 48.5 Å². The highest BCUT2D eigenvalue weighted by atomic mass is 16.1. The molecule has 0 unspecified atom stereocenters. The SMILES string of the molecule is CC(=O)CC(=O)c1ccc(-n2ccnc2)cc1. The second-order valence-corrected chi connectivity index (χ2v) is 3.82. The quantitative estimate of drug-likeness (QED) is 0.594. The van der Waals surface area contributed by atoms with Crippen LogP contribution in [0.2, 0.25) is 0 Å². The van der Waals surface area contributed by atoms with Gasteiger partial charge in [0.1, 0.15) is 5.78 Å². The van der Waals surface area contributed by atoms with Crippen molar-refractivity contribution >= 4 is 11.6 Å². The smallest absolute Gasteiger partial charge is 0.170 e. The third-order valence-corrected chi connectivity index (χ3v) is 2.40. The van der Waals surface area contributed by atoms with E-state index in [-0.39, 0.29) is 18.0 Å². The predicted octanol–water partition coefficient (Wildman–Crippen LogP) is 2.03. The Morgan fingerprint density at radius 3 is 2.47 bits per heavy atom. The summed E-state index contributed by atoms with van der Waals surface area (Å²) in [7, 11) is 0. The van der Waals surface area contributed by atoms with Crippen molar-refractivity contribution in [3.63, 3.8) is 0 Å². The normalized spacial score (nSPS) is 10.2. The van der Waals surface area contributed by atoms with Crippen LogP contribution in [0.15, 0.2) is 43.0 Å². The van der Waals surface area contributed by atoms with Crippen LogP contribution in [0.25, 0.3) is 5.69 Å². The lowest BCUT2D eigenvalue weighted by Crippen LogP contribution is -2.04. The third kappa shape index (κ3) is 2.66. The molecule has 0 aliphatic rings. The van der Waals surface area contributed by atoms with E-state index in [1.807, 2.05) is 22.9 Å². The number of aromatic nitrogens is 2. The van der Waals surface area contributed by atoms with E-state index in [1.54, 1.807) is 24.7 Å². The van der Waals surface area contributed by atoms with Gasteiger partial charge in [-0.1, -0.05) is 0 Å². The largest absolute Gasteiger partial charge is 0.306 e. The van der Waals surface area contributed by atoms with Crippen LogP contribution in [-0.4, -0.2) is 21.1 Å². The van der Waals surface area contributed by atoms with Gasteiger partial charge in [-0.15, -0.1) is 0 Å². The Kier molecular flexibility index (Phi) is 3.14. The molecule has 0 atom stereocenters. The van der Waals surface area contributed by atoms with Gasteiger partial charge in [0.2, 0.25) is 0 Å². The number of nitrogens with zero attached hydrogens (tertiary/aromatic N) is 2. The monoisotopic (exact) mass is 228 g/mol. The topological polar surface area (TPSA) is 52.0 Å². The van der Waals surface area contributed by atoms with E-state index < -0.39 is 0 Å². The number of Topliss-reactive ketones (excluding diaryl/α,β-unsaturated/α-hetero) is 2. The molecule has 1 aromatic carbocycles. The Labute approximate surface area is 98.9 Å². The Morgan fingerprint density at radius 2 is 1.94 bits per heavy atom. The van der Waals surface area contributed by atoms with E-state index in [2.05, 4.69) is 4.98 Å². The first-order valence-electron chi connectivity index (χ1n) is 5.28. The number of hydrogen-bond acceptors (Lipinski definition) is 3. The van der Waals surface area contributed by atoms with Crippen molar-refractivity contribution in [2.75, 3.05) is 0 Å². The van der Waals surface area contributed by atoms with Crippen LogP contribution in [0, 0.1) is 0 Å². The van der Waals surface area contributed by atoms with Crippen molar-refractivity contribution in [3.8, 4) is 5.69 Å². The van der Waals surface area contributed by atoms with E-state index >= 15 is 0 Å². The summed E-state index contributed by atoms with van der Waals surface area (Å²) in [4.78, 5) is 26.4. The predicted molar refractivity (Wildman–Crippen MR) is 63.2 cm³/mol. The molecule has 17 heavy (non-hydrogen) atoms. The van der Waals surface area contributed by atoms with Crippen molar-refractivity contribution in [2.45, 2.75) is 13.3 Å². The zero-order valence-electron chi connectivity index (χ0n) is 9.46. The van der Waals surface area contributed by atoms with E-state index in [4.69, 9.17) is 0 Å². The van der Waals surface area contributed by atoms with Gasteiger partial charge < -0.3 is 4.57 Å². The third-order valence-electron chi connectivity index (χ3n) is 2.40. The molecular weight excluding hydrogens is 216 g/mol. The van der Waals surface area contributed by atoms with Gasteiger partial charge in [-0.3, -0.25) is 9.59 Å². The van der Waals surface area contributed by atoms with E-state index in [9.17, 15) is 9.59 Å². The van der Waals surface area contributed by atoms with Crippen LogP contribution in [0.4, 0.5) is 0 Å². The second kappa shape index (κ2) is 4.74. The highest BCUT2D eigenvalue weighted by Crippen LogP contribution is 2.10. The minimum atomic E-state index is -0.144. The first-order chi connectivity index (χ1) is 8.16. The molecule has 0 saturated carbocycles. The Bertz CT molecular complexity index is 527. The van der Waals surface area contributed by atoms with Gasteiger partial charge in [-0.05, 0) is 31.2 Å². The van der Waals surface area contributed by atoms with Gasteiger partial charge in [-0.2, -0.15) is 0 Å². The first-order valence-corrected chi connectivity index (χ1v) is 5.28. The molecule has 86 valence electrons. The molecule has 0 saturated heterocycles. The first kappa shape index (κ1) is 11.3. The molecule has 1 heterocycles. The molecule has 0 N–H and O–H groups in total. The number of hydrogen-bond donors (Lipinski definition) is 0. The lowest BCUT2D eigenvalue weighted by atomic mass is 10.1. The molecule has 4 heteroatoms. The molecule has 4 nitrogen and oxygen atoms in total. The fraction of sp³-hybridized carbons (Fsp3) is 0.154. The minimum absolute atomic E-state index is 0.0373. The van der Waals surface area contributed by atoms with Crippen LogP contribution in [-0.2, 0) is 4.79 Å². The zero-order chi connectivity index (χ0) is 12.3. The fourth-order valence-electron chi connectivity index (χ4n) is 1.56. The molecule has 0 fully saturated rings. The Morgan fingerprint density at radius 1 is 1.24 bits per heavy atom. The van der Waals surface area contributed by atoms with Gasteiger partial charge in [0, 0.05) is 23.6 Å². The van der Waals surface area contributed by atoms with Gasteiger partial charge in [0.05, 0.1) is 12.7 Å². The average Bonchev–Trinajstić information content (AvgIpc) is 2.82. The van der Waals surface area contributed by atoms with Crippen LogP contribution >= 0.6 is 0 Å². The maximum Gasteiger partial charge on any atom is 0.170 e. The molecule has 1 aromatic heterocycles. The molecule has 0 bridgehead atoms. The Balaban J connectivity index is 2.19. The maximum absolute atomic E-state index is 11.6. The van der Waals surface area contributed by atoms with E-state index in [1.165, 1.54) is 6.92 Å². The molecule has 0 aliphatic carbocycles. The molecule has 0 aliphatic heterocycles. The van der Waals surface area contributed by atoms with Crippen molar-refractivity contribution in [1.29, 1.82) is 0 Å².